The van der Waals surface area contributed by atoms with Crippen LogP contribution in [0.2, 0.25) is 0 Å². The molecular formula is C13H16N2O2. The average molecular weight is 232 g/mol. The summed E-state index contributed by atoms with van der Waals surface area (Å²) in [6, 6.07) is 9.13. The Bertz CT molecular complexity index is 504. The van der Waals surface area contributed by atoms with Crippen LogP contribution < -0.4 is 0 Å². The number of nitrogens with zero attached hydrogens (tertiary/aromatic N) is 2. The predicted molar refractivity (Wildman–Crippen MR) is 67.8 cm³/mol. The van der Waals surface area contributed by atoms with E-state index in [1.807, 2.05) is 18.2 Å². The summed E-state index contributed by atoms with van der Waals surface area (Å²) in [7, 11) is 3.45. The topological polar surface area (TPSA) is 53.4 Å². The number of aromatic hydroxyl groups is 1. The van der Waals surface area contributed by atoms with E-state index >= 15 is 0 Å². The van der Waals surface area contributed by atoms with Crippen molar-refractivity contribution in [2.75, 3.05) is 14.1 Å². The number of carbonyl (C=O) groups excluding carboxylic acids is 1. The number of phenols is 1. The minimum Gasteiger partial charge on any atom is -0.506 e. The maximum absolute atomic E-state index is 10.1. The Balaban J connectivity index is 0.000000209. The van der Waals surface area contributed by atoms with E-state index in [4.69, 9.17) is 0 Å². The van der Waals surface area contributed by atoms with Crippen LogP contribution in [0, 0.1) is 0 Å². The van der Waals surface area contributed by atoms with Gasteiger partial charge in [0.15, 0.2) is 0 Å². The molecule has 2 aromatic rings. The first-order valence-corrected chi connectivity index (χ1v) is 5.23. The van der Waals surface area contributed by atoms with E-state index in [1.165, 1.54) is 11.8 Å². The van der Waals surface area contributed by atoms with Gasteiger partial charge in [-0.25, -0.2) is 0 Å². The lowest BCUT2D eigenvalue weighted by Crippen LogP contribution is -2.17. The minimum atomic E-state index is 0.0926. The van der Waals surface area contributed by atoms with Gasteiger partial charge in [0, 0.05) is 32.6 Å². The van der Waals surface area contributed by atoms with Gasteiger partial charge in [-0.2, -0.15) is 0 Å². The lowest BCUT2D eigenvalue weighted by molar-refractivity contribution is -0.126. The molecule has 0 fully saturated rings. The van der Waals surface area contributed by atoms with Gasteiger partial charge in [0.05, 0.1) is 0 Å². The average Bonchev–Trinajstić information content (AvgIpc) is 2.30. The standard InChI is InChI=1S/C9H7NO.C4H9NO/c11-8-5-1-3-7-4-2-6-10-9(7)8;1-4(6)5(2)3/h1-6,11H;1-3H3. The fourth-order valence-corrected chi connectivity index (χ4v) is 1.09. The number of para-hydroxylation sites is 1. The number of fused-ring (bicyclic) bond motifs is 1. The Morgan fingerprint density at radius 3 is 2.35 bits per heavy atom. The molecular weight excluding hydrogens is 216 g/mol. The zero-order chi connectivity index (χ0) is 12.8. The molecule has 17 heavy (non-hydrogen) atoms. The summed E-state index contributed by atoms with van der Waals surface area (Å²) in [5, 5.41) is 10.3. The highest BCUT2D eigenvalue weighted by Crippen LogP contribution is 2.20. The Morgan fingerprint density at radius 1 is 1.24 bits per heavy atom. The van der Waals surface area contributed by atoms with Gasteiger partial charge in [0.1, 0.15) is 11.3 Å². The molecule has 2 rings (SSSR count). The zero-order valence-electron chi connectivity index (χ0n) is 10.2. The maximum atomic E-state index is 10.1. The molecule has 4 heteroatoms. The SMILES string of the molecule is CC(=O)N(C)C.Oc1cccc2cccnc12. The third kappa shape index (κ3) is 3.75. The summed E-state index contributed by atoms with van der Waals surface area (Å²) >= 11 is 0. The van der Waals surface area contributed by atoms with Crippen molar-refractivity contribution in [1.82, 2.24) is 9.88 Å². The monoisotopic (exact) mass is 232 g/mol. The largest absolute Gasteiger partial charge is 0.506 e. The first-order chi connectivity index (χ1) is 8.02. The fraction of sp³-hybridized carbons (Fsp3) is 0.231. The summed E-state index contributed by atoms with van der Waals surface area (Å²) in [4.78, 5) is 15.6. The van der Waals surface area contributed by atoms with Gasteiger partial charge in [-0.3, -0.25) is 9.78 Å². The van der Waals surface area contributed by atoms with Gasteiger partial charge < -0.3 is 10.0 Å². The van der Waals surface area contributed by atoms with E-state index in [0.717, 1.165) is 5.39 Å². The number of benzene rings is 1. The maximum Gasteiger partial charge on any atom is 0.218 e. The Morgan fingerprint density at radius 2 is 1.82 bits per heavy atom. The summed E-state index contributed by atoms with van der Waals surface area (Å²) in [5.74, 6) is 0.332. The van der Waals surface area contributed by atoms with Crippen molar-refractivity contribution in [2.24, 2.45) is 0 Å². The normalized spacial score (nSPS) is 9.35. The number of carbonyl (C=O) groups is 1. The molecule has 1 amide bonds. The molecule has 0 spiro atoms. The van der Waals surface area contributed by atoms with Crippen LogP contribution in [-0.2, 0) is 4.79 Å². The van der Waals surface area contributed by atoms with Crippen LogP contribution in [-0.4, -0.2) is 35.0 Å². The van der Waals surface area contributed by atoms with E-state index in [-0.39, 0.29) is 11.7 Å². The highest BCUT2D eigenvalue weighted by Gasteiger charge is 1.96. The van der Waals surface area contributed by atoms with E-state index in [1.54, 1.807) is 32.4 Å². The number of hydrogen-bond donors (Lipinski definition) is 1. The smallest absolute Gasteiger partial charge is 0.218 e. The van der Waals surface area contributed by atoms with E-state index < -0.39 is 0 Å². The first kappa shape index (κ1) is 13.0. The van der Waals surface area contributed by atoms with Gasteiger partial charge in [-0.05, 0) is 12.1 Å². The van der Waals surface area contributed by atoms with E-state index in [2.05, 4.69) is 4.98 Å². The van der Waals surface area contributed by atoms with Gasteiger partial charge in [0.2, 0.25) is 5.91 Å². The minimum absolute atomic E-state index is 0.0926. The van der Waals surface area contributed by atoms with Crippen molar-refractivity contribution in [3.8, 4) is 5.75 Å². The second-order valence-electron chi connectivity index (χ2n) is 3.77. The molecule has 0 aliphatic carbocycles. The Labute approximate surface area is 101 Å². The molecule has 1 N–H and O–H groups in total. The van der Waals surface area contributed by atoms with Gasteiger partial charge in [0.25, 0.3) is 0 Å². The highest BCUT2D eigenvalue weighted by molar-refractivity contribution is 5.83. The molecule has 1 aromatic heterocycles. The molecule has 0 atom stereocenters. The molecule has 0 bridgehead atoms. The van der Waals surface area contributed by atoms with Crippen LogP contribution in [0.1, 0.15) is 6.92 Å². The van der Waals surface area contributed by atoms with Gasteiger partial charge in [-0.15, -0.1) is 0 Å². The number of phenolic OH excluding ortho intramolecular Hbond substituents is 1. The molecule has 90 valence electrons. The predicted octanol–water partition coefficient (Wildman–Crippen LogP) is 2.03. The lowest BCUT2D eigenvalue weighted by atomic mass is 10.2. The van der Waals surface area contributed by atoms with Crippen LogP contribution in [0.15, 0.2) is 36.5 Å². The number of hydrogen-bond acceptors (Lipinski definition) is 3. The first-order valence-electron chi connectivity index (χ1n) is 5.23. The number of amides is 1. The van der Waals surface area contributed by atoms with Crippen molar-refractivity contribution < 1.29 is 9.90 Å². The lowest BCUT2D eigenvalue weighted by Gasteiger charge is -2.02. The van der Waals surface area contributed by atoms with Crippen LogP contribution in [0.25, 0.3) is 10.9 Å². The van der Waals surface area contributed by atoms with Crippen molar-refractivity contribution in [3.63, 3.8) is 0 Å². The molecule has 4 nitrogen and oxygen atoms in total. The third-order valence-corrected chi connectivity index (χ3v) is 2.24. The number of aromatic nitrogens is 1. The summed E-state index contributed by atoms with van der Waals surface area (Å²) in [6.45, 7) is 1.53. The van der Waals surface area contributed by atoms with Crippen molar-refractivity contribution in [3.05, 3.63) is 36.5 Å². The summed E-state index contributed by atoms with van der Waals surface area (Å²) in [6.07, 6.45) is 1.67. The zero-order valence-corrected chi connectivity index (χ0v) is 10.2. The molecule has 0 radical (unpaired) electrons. The Kier molecular flexibility index (Phi) is 4.46. The van der Waals surface area contributed by atoms with Gasteiger partial charge >= 0.3 is 0 Å². The molecule has 1 heterocycles. The second-order valence-corrected chi connectivity index (χ2v) is 3.77. The molecule has 0 saturated heterocycles. The summed E-state index contributed by atoms with van der Waals surface area (Å²) in [5.41, 5.74) is 0.662. The third-order valence-electron chi connectivity index (χ3n) is 2.24. The molecule has 0 saturated carbocycles. The molecule has 0 unspecified atom stereocenters. The van der Waals surface area contributed by atoms with Gasteiger partial charge in [-0.1, -0.05) is 18.2 Å². The molecule has 0 aliphatic heterocycles. The second kappa shape index (κ2) is 5.84. The van der Waals surface area contributed by atoms with Crippen LogP contribution in [0.5, 0.6) is 5.75 Å². The van der Waals surface area contributed by atoms with Crippen LogP contribution in [0.4, 0.5) is 0 Å². The van der Waals surface area contributed by atoms with E-state index in [0.29, 0.717) is 5.52 Å². The van der Waals surface area contributed by atoms with Crippen LogP contribution in [0.3, 0.4) is 0 Å². The highest BCUT2D eigenvalue weighted by atomic mass is 16.3. The molecule has 0 aliphatic rings. The van der Waals surface area contributed by atoms with E-state index in [9.17, 15) is 9.90 Å². The van der Waals surface area contributed by atoms with Crippen molar-refractivity contribution in [2.45, 2.75) is 6.92 Å². The number of pyridine rings is 1. The van der Waals surface area contributed by atoms with Crippen LogP contribution >= 0.6 is 0 Å². The Hall–Kier alpha value is -2.10. The quantitative estimate of drug-likeness (QED) is 0.756. The fourth-order valence-electron chi connectivity index (χ4n) is 1.09. The summed E-state index contributed by atoms with van der Waals surface area (Å²) < 4.78 is 0. The number of rotatable bonds is 0. The van der Waals surface area contributed by atoms with Crippen molar-refractivity contribution >= 4 is 16.8 Å². The van der Waals surface area contributed by atoms with Crippen molar-refractivity contribution in [1.29, 1.82) is 0 Å². The molecule has 1 aromatic carbocycles.